The van der Waals surface area contributed by atoms with Gasteiger partial charge in [0.25, 0.3) is 0 Å². The van der Waals surface area contributed by atoms with E-state index in [4.69, 9.17) is 23.2 Å². The average molecular weight is 548 g/mol. The molecule has 1 aliphatic heterocycles. The quantitative estimate of drug-likeness (QED) is 0.424. The highest BCUT2D eigenvalue weighted by molar-refractivity contribution is 6.42. The molecule has 0 saturated carbocycles. The Hall–Kier alpha value is -1.94. The monoisotopic (exact) mass is 546 g/mol. The highest BCUT2D eigenvalue weighted by atomic mass is 35.5. The molecule has 1 N–H and O–H groups in total. The number of hydrogen-bond donors (Lipinski definition) is 1. The van der Waals surface area contributed by atoms with Gasteiger partial charge in [0, 0.05) is 25.7 Å². The molecule has 34 heavy (non-hydrogen) atoms. The molecule has 0 saturated heterocycles. The number of hydrogen-bond acceptors (Lipinski definition) is 2. The van der Waals surface area contributed by atoms with Crippen LogP contribution in [0.5, 0.6) is 0 Å². The molecule has 2 aromatic rings. The first kappa shape index (κ1) is 28.3. The zero-order chi connectivity index (χ0) is 24.6. The first-order chi connectivity index (χ1) is 15.3. The zero-order valence-electron chi connectivity index (χ0n) is 17.6. The van der Waals surface area contributed by atoms with Crippen molar-refractivity contribution in [3.8, 4) is 0 Å². The molecule has 0 bridgehead atoms. The van der Waals surface area contributed by atoms with E-state index in [-0.39, 0.29) is 29.1 Å². The molecular weight excluding hydrogens is 529 g/mol. The third-order valence-corrected chi connectivity index (χ3v) is 5.90. The molecule has 1 heterocycles. The standard InChI is InChI=1S/C22H18Cl2F6N2O.ClH/c1-32(11-12-6-14(21(25,26)27)9-15(7-12)22(28,29)30)20(33)16-4-5-31-10-17(16)13-2-3-18(23)19(24)8-13;/h2-3,6-9,31H,4-5,10-11H2,1H3;1H. The summed E-state index contributed by atoms with van der Waals surface area (Å²) >= 11 is 12.0. The lowest BCUT2D eigenvalue weighted by Crippen LogP contribution is -2.34. The van der Waals surface area contributed by atoms with E-state index in [1.807, 2.05) is 0 Å². The van der Waals surface area contributed by atoms with Gasteiger partial charge in [0.2, 0.25) is 5.91 Å². The summed E-state index contributed by atoms with van der Waals surface area (Å²) in [6, 6.07) is 6.16. The second kappa shape index (κ2) is 10.8. The van der Waals surface area contributed by atoms with Gasteiger partial charge in [-0.05, 0) is 60.0 Å². The number of nitrogens with one attached hydrogen (secondary N) is 1. The van der Waals surface area contributed by atoms with Crippen molar-refractivity contribution < 1.29 is 31.1 Å². The number of likely N-dealkylation sites (N-methyl/N-ethyl adjacent to an activating group) is 1. The Morgan fingerprint density at radius 3 is 2.09 bits per heavy atom. The maximum atomic E-state index is 13.1. The van der Waals surface area contributed by atoms with Crippen LogP contribution in [0.2, 0.25) is 10.0 Å². The lowest BCUT2D eigenvalue weighted by Gasteiger charge is -2.26. The maximum Gasteiger partial charge on any atom is 0.416 e. The summed E-state index contributed by atoms with van der Waals surface area (Å²) in [4.78, 5) is 14.2. The van der Waals surface area contributed by atoms with Crippen molar-refractivity contribution in [3.63, 3.8) is 0 Å². The maximum absolute atomic E-state index is 13.1. The van der Waals surface area contributed by atoms with Crippen LogP contribution < -0.4 is 5.32 Å². The Morgan fingerprint density at radius 2 is 1.56 bits per heavy atom. The molecule has 0 spiro atoms. The van der Waals surface area contributed by atoms with Gasteiger partial charge >= 0.3 is 12.4 Å². The summed E-state index contributed by atoms with van der Waals surface area (Å²) in [5.74, 6) is -0.497. The fourth-order valence-electron chi connectivity index (χ4n) is 3.57. The molecular formula is C22H19Cl3F6N2O. The Kier molecular flexibility index (Phi) is 8.96. The molecule has 2 aromatic carbocycles. The molecule has 0 atom stereocenters. The van der Waals surface area contributed by atoms with Gasteiger partial charge in [-0.25, -0.2) is 0 Å². The summed E-state index contributed by atoms with van der Waals surface area (Å²) in [5, 5.41) is 3.76. The average Bonchev–Trinajstić information content (AvgIpc) is 2.73. The lowest BCUT2D eigenvalue weighted by atomic mass is 9.94. The third kappa shape index (κ3) is 6.59. The van der Waals surface area contributed by atoms with Crippen molar-refractivity contribution in [2.75, 3.05) is 20.1 Å². The molecule has 12 heteroatoms. The van der Waals surface area contributed by atoms with Gasteiger partial charge in [-0.1, -0.05) is 29.3 Å². The fraction of sp³-hybridized carbons (Fsp3) is 0.318. The molecule has 3 nitrogen and oxygen atoms in total. The highest BCUT2D eigenvalue weighted by Crippen LogP contribution is 2.37. The van der Waals surface area contributed by atoms with Gasteiger partial charge in [-0.3, -0.25) is 4.79 Å². The van der Waals surface area contributed by atoms with Crippen LogP contribution in [0.15, 0.2) is 42.0 Å². The molecule has 3 rings (SSSR count). The summed E-state index contributed by atoms with van der Waals surface area (Å²) < 4.78 is 78.8. The van der Waals surface area contributed by atoms with Gasteiger partial charge in [-0.2, -0.15) is 26.3 Å². The smallest absolute Gasteiger partial charge is 0.338 e. The largest absolute Gasteiger partial charge is 0.416 e. The SMILES string of the molecule is CN(Cc1cc(C(F)(F)F)cc(C(F)(F)F)c1)C(=O)C1=C(c2ccc(Cl)c(Cl)c2)CNCC1.Cl. The van der Waals surface area contributed by atoms with Crippen LogP contribution in [-0.4, -0.2) is 30.9 Å². The molecule has 1 amide bonds. The van der Waals surface area contributed by atoms with E-state index in [1.54, 1.807) is 18.2 Å². The lowest BCUT2D eigenvalue weighted by molar-refractivity contribution is -0.143. The molecule has 1 aliphatic rings. The van der Waals surface area contributed by atoms with Crippen LogP contribution in [0.1, 0.15) is 28.7 Å². The van der Waals surface area contributed by atoms with Crippen LogP contribution in [0.4, 0.5) is 26.3 Å². The van der Waals surface area contributed by atoms with Crippen molar-refractivity contribution >= 4 is 47.1 Å². The number of benzene rings is 2. The summed E-state index contributed by atoms with van der Waals surface area (Å²) in [6.45, 7) is 0.396. The molecule has 186 valence electrons. The molecule has 0 radical (unpaired) electrons. The van der Waals surface area contributed by atoms with Gasteiger partial charge in [0.1, 0.15) is 0 Å². The number of halogens is 9. The van der Waals surface area contributed by atoms with Gasteiger partial charge in [-0.15, -0.1) is 12.4 Å². The topological polar surface area (TPSA) is 32.3 Å². The van der Waals surface area contributed by atoms with E-state index in [2.05, 4.69) is 5.32 Å². The number of alkyl halides is 6. The Morgan fingerprint density at radius 1 is 0.971 bits per heavy atom. The molecule has 0 aliphatic carbocycles. The van der Waals surface area contributed by atoms with Crippen LogP contribution in [0.25, 0.3) is 5.57 Å². The highest BCUT2D eigenvalue weighted by Gasteiger charge is 2.37. The number of rotatable bonds is 4. The van der Waals surface area contributed by atoms with Crippen molar-refractivity contribution in [1.29, 1.82) is 0 Å². The van der Waals surface area contributed by atoms with E-state index in [1.165, 1.54) is 7.05 Å². The zero-order valence-corrected chi connectivity index (χ0v) is 19.9. The minimum absolute atomic E-state index is 0. The van der Waals surface area contributed by atoms with Crippen LogP contribution in [-0.2, 0) is 23.7 Å². The minimum atomic E-state index is -4.96. The fourth-order valence-corrected chi connectivity index (χ4v) is 3.87. The van der Waals surface area contributed by atoms with Crippen LogP contribution in [0.3, 0.4) is 0 Å². The van der Waals surface area contributed by atoms with Crippen LogP contribution in [0, 0.1) is 0 Å². The van der Waals surface area contributed by atoms with Crippen molar-refractivity contribution in [1.82, 2.24) is 10.2 Å². The number of amides is 1. The van der Waals surface area contributed by atoms with E-state index in [0.717, 1.165) is 4.90 Å². The Labute approximate surface area is 208 Å². The van der Waals surface area contributed by atoms with Crippen molar-refractivity contribution in [2.24, 2.45) is 0 Å². The Balaban J connectivity index is 0.00000408. The van der Waals surface area contributed by atoms with Gasteiger partial charge in [0.15, 0.2) is 0 Å². The van der Waals surface area contributed by atoms with E-state index in [9.17, 15) is 31.1 Å². The molecule has 0 fully saturated rings. The summed E-state index contributed by atoms with van der Waals surface area (Å²) in [7, 11) is 1.33. The molecule has 0 unspecified atom stereocenters. The first-order valence-corrected chi connectivity index (χ1v) is 10.4. The normalized spacial score (nSPS) is 14.6. The number of carbonyl (C=O) groups is 1. The van der Waals surface area contributed by atoms with Crippen molar-refractivity contribution in [3.05, 3.63) is 74.3 Å². The summed E-state index contributed by atoms with van der Waals surface area (Å²) in [6.07, 6.45) is -9.59. The predicted molar refractivity (Wildman–Crippen MR) is 121 cm³/mol. The van der Waals surface area contributed by atoms with Gasteiger partial charge < -0.3 is 10.2 Å². The summed E-state index contributed by atoms with van der Waals surface area (Å²) in [5.41, 5.74) is -1.45. The van der Waals surface area contributed by atoms with Crippen molar-refractivity contribution in [2.45, 2.75) is 25.3 Å². The Bertz CT molecular complexity index is 1070. The van der Waals surface area contributed by atoms with E-state index in [0.29, 0.717) is 53.4 Å². The predicted octanol–water partition coefficient (Wildman–Crippen LogP) is 6.86. The first-order valence-electron chi connectivity index (χ1n) is 9.69. The van der Waals surface area contributed by atoms with E-state index < -0.39 is 35.9 Å². The van der Waals surface area contributed by atoms with E-state index >= 15 is 0 Å². The number of nitrogens with zero attached hydrogens (tertiary/aromatic N) is 1. The number of carbonyl (C=O) groups excluding carboxylic acids is 1. The third-order valence-electron chi connectivity index (χ3n) is 5.16. The molecule has 0 aromatic heterocycles. The van der Waals surface area contributed by atoms with Crippen LogP contribution >= 0.6 is 35.6 Å². The van der Waals surface area contributed by atoms with Gasteiger partial charge in [0.05, 0.1) is 21.2 Å². The minimum Gasteiger partial charge on any atom is -0.338 e. The second-order valence-corrected chi connectivity index (χ2v) is 8.40. The second-order valence-electron chi connectivity index (χ2n) is 7.59.